The van der Waals surface area contributed by atoms with Gasteiger partial charge in [-0.2, -0.15) is 0 Å². The topological polar surface area (TPSA) is 43.8 Å². The van der Waals surface area contributed by atoms with Crippen LogP contribution in [0.1, 0.15) is 30.1 Å². The molecule has 18 heavy (non-hydrogen) atoms. The van der Waals surface area contributed by atoms with Crippen molar-refractivity contribution < 1.29 is 0 Å². The molecule has 1 unspecified atom stereocenters. The molecule has 1 saturated carbocycles. The molecule has 0 bridgehead atoms. The Labute approximate surface area is 108 Å². The minimum atomic E-state index is 0.237. The monoisotopic (exact) mass is 241 g/mol. The Balaban J connectivity index is 1.60. The predicted octanol–water partition coefficient (Wildman–Crippen LogP) is 2.54. The number of hydrogen-bond donors (Lipinski definition) is 1. The lowest BCUT2D eigenvalue weighted by molar-refractivity contribution is 0.626. The third-order valence-electron chi connectivity index (χ3n) is 3.64. The lowest BCUT2D eigenvalue weighted by Gasteiger charge is -2.07. The molecular formula is C15H19N3. The first-order valence-electron chi connectivity index (χ1n) is 6.64. The molecule has 0 aliphatic heterocycles. The van der Waals surface area contributed by atoms with Gasteiger partial charge in [0.2, 0.25) is 0 Å². The van der Waals surface area contributed by atoms with Gasteiger partial charge >= 0.3 is 0 Å². The molecule has 3 rings (SSSR count). The summed E-state index contributed by atoms with van der Waals surface area (Å²) < 4.78 is 2.21. The molecule has 0 saturated heterocycles. The normalized spacial score (nSPS) is 16.7. The maximum absolute atomic E-state index is 6.20. The highest BCUT2D eigenvalue weighted by Gasteiger charge is 2.29. The molecule has 0 spiro atoms. The van der Waals surface area contributed by atoms with Gasteiger partial charge in [-0.3, -0.25) is 4.98 Å². The SMILES string of the molecule is NC(c1ccn(CCc2ccccn2)c1)C1CC1. The minimum Gasteiger partial charge on any atom is -0.354 e. The van der Waals surface area contributed by atoms with Crippen LogP contribution in [0.4, 0.5) is 0 Å². The van der Waals surface area contributed by atoms with Gasteiger partial charge in [0.15, 0.2) is 0 Å². The van der Waals surface area contributed by atoms with Crippen LogP contribution in [0.2, 0.25) is 0 Å². The van der Waals surface area contributed by atoms with Crippen LogP contribution >= 0.6 is 0 Å². The van der Waals surface area contributed by atoms with Crippen molar-refractivity contribution in [1.29, 1.82) is 0 Å². The summed E-state index contributed by atoms with van der Waals surface area (Å²) in [6, 6.07) is 8.45. The van der Waals surface area contributed by atoms with E-state index in [4.69, 9.17) is 5.73 Å². The highest BCUT2D eigenvalue weighted by molar-refractivity contribution is 5.17. The molecule has 0 aromatic carbocycles. The van der Waals surface area contributed by atoms with Crippen LogP contribution in [0, 0.1) is 5.92 Å². The Bertz CT molecular complexity index is 499. The molecule has 2 heterocycles. The highest BCUT2D eigenvalue weighted by atomic mass is 14.9. The van der Waals surface area contributed by atoms with E-state index >= 15 is 0 Å². The number of aryl methyl sites for hydroxylation is 2. The average molecular weight is 241 g/mol. The molecule has 1 aliphatic rings. The molecule has 0 radical (unpaired) electrons. The van der Waals surface area contributed by atoms with E-state index in [0.717, 1.165) is 24.6 Å². The standard InChI is InChI=1S/C15H19N3/c16-15(12-4-5-12)13-6-9-18(11-13)10-7-14-3-1-2-8-17-14/h1-3,6,8-9,11-12,15H,4-5,7,10,16H2. The number of aromatic nitrogens is 2. The van der Waals surface area contributed by atoms with Gasteiger partial charge in [-0.1, -0.05) is 6.07 Å². The summed E-state index contributed by atoms with van der Waals surface area (Å²) in [7, 11) is 0. The maximum atomic E-state index is 6.20. The second kappa shape index (κ2) is 4.94. The highest BCUT2D eigenvalue weighted by Crippen LogP contribution is 2.39. The summed E-state index contributed by atoms with van der Waals surface area (Å²) in [5, 5.41) is 0. The van der Waals surface area contributed by atoms with Gasteiger partial charge in [-0.25, -0.2) is 0 Å². The van der Waals surface area contributed by atoms with Gasteiger partial charge < -0.3 is 10.3 Å². The minimum absolute atomic E-state index is 0.237. The van der Waals surface area contributed by atoms with Crippen LogP contribution in [-0.2, 0) is 13.0 Å². The fraction of sp³-hybridized carbons (Fsp3) is 0.400. The van der Waals surface area contributed by atoms with Gasteiger partial charge in [0.1, 0.15) is 0 Å². The molecule has 1 aliphatic carbocycles. The Morgan fingerprint density at radius 2 is 2.22 bits per heavy atom. The van der Waals surface area contributed by atoms with Crippen molar-refractivity contribution in [2.45, 2.75) is 31.8 Å². The molecule has 3 heteroatoms. The zero-order valence-electron chi connectivity index (χ0n) is 10.5. The summed E-state index contributed by atoms with van der Waals surface area (Å²) >= 11 is 0. The summed E-state index contributed by atoms with van der Waals surface area (Å²) in [5.41, 5.74) is 8.61. The van der Waals surface area contributed by atoms with E-state index in [1.165, 1.54) is 18.4 Å². The van der Waals surface area contributed by atoms with E-state index < -0.39 is 0 Å². The zero-order chi connectivity index (χ0) is 12.4. The van der Waals surface area contributed by atoms with E-state index in [1.807, 2.05) is 18.3 Å². The van der Waals surface area contributed by atoms with Crippen LogP contribution in [0.15, 0.2) is 42.9 Å². The maximum Gasteiger partial charge on any atom is 0.0421 e. The molecule has 2 aromatic rings. The lowest BCUT2D eigenvalue weighted by Crippen LogP contribution is -2.11. The van der Waals surface area contributed by atoms with Gasteiger partial charge in [-0.05, 0) is 42.5 Å². The van der Waals surface area contributed by atoms with Gasteiger partial charge in [-0.15, -0.1) is 0 Å². The van der Waals surface area contributed by atoms with Crippen LogP contribution in [-0.4, -0.2) is 9.55 Å². The Morgan fingerprint density at radius 1 is 1.33 bits per heavy atom. The number of hydrogen-bond acceptors (Lipinski definition) is 2. The smallest absolute Gasteiger partial charge is 0.0421 e. The first-order chi connectivity index (χ1) is 8.83. The fourth-order valence-corrected chi connectivity index (χ4v) is 2.31. The summed E-state index contributed by atoms with van der Waals surface area (Å²) in [6.45, 7) is 0.967. The quantitative estimate of drug-likeness (QED) is 0.874. The lowest BCUT2D eigenvalue weighted by atomic mass is 10.1. The van der Waals surface area contributed by atoms with Crippen LogP contribution in [0.5, 0.6) is 0 Å². The number of nitrogens with two attached hydrogens (primary N) is 1. The Morgan fingerprint density at radius 3 is 2.94 bits per heavy atom. The first kappa shape index (κ1) is 11.5. The van der Waals surface area contributed by atoms with Crippen molar-refractivity contribution in [2.75, 3.05) is 0 Å². The Hall–Kier alpha value is -1.61. The van der Waals surface area contributed by atoms with E-state index in [9.17, 15) is 0 Å². The molecule has 2 aromatic heterocycles. The predicted molar refractivity (Wildman–Crippen MR) is 72.0 cm³/mol. The number of rotatable bonds is 5. The molecule has 0 amide bonds. The van der Waals surface area contributed by atoms with E-state index in [2.05, 4.69) is 34.1 Å². The first-order valence-corrected chi connectivity index (χ1v) is 6.64. The molecule has 94 valence electrons. The van der Waals surface area contributed by atoms with Crippen molar-refractivity contribution in [2.24, 2.45) is 11.7 Å². The van der Waals surface area contributed by atoms with Gasteiger partial charge in [0, 0.05) is 43.3 Å². The van der Waals surface area contributed by atoms with E-state index in [1.54, 1.807) is 0 Å². The number of nitrogens with zero attached hydrogens (tertiary/aromatic N) is 2. The van der Waals surface area contributed by atoms with Crippen molar-refractivity contribution in [3.05, 3.63) is 54.1 Å². The third kappa shape index (κ3) is 2.62. The average Bonchev–Trinajstić information content (AvgIpc) is 3.15. The Kier molecular flexibility index (Phi) is 3.15. The fourth-order valence-electron chi connectivity index (χ4n) is 2.31. The molecular weight excluding hydrogens is 222 g/mol. The zero-order valence-corrected chi connectivity index (χ0v) is 10.5. The van der Waals surface area contributed by atoms with Crippen LogP contribution < -0.4 is 5.73 Å². The second-order valence-corrected chi connectivity index (χ2v) is 5.12. The molecule has 1 atom stereocenters. The van der Waals surface area contributed by atoms with E-state index in [0.29, 0.717) is 0 Å². The molecule has 1 fully saturated rings. The van der Waals surface area contributed by atoms with Crippen molar-refractivity contribution >= 4 is 0 Å². The summed E-state index contributed by atoms with van der Waals surface area (Å²) in [5.74, 6) is 0.719. The van der Waals surface area contributed by atoms with Crippen molar-refractivity contribution in [3.8, 4) is 0 Å². The van der Waals surface area contributed by atoms with Gasteiger partial charge in [0.25, 0.3) is 0 Å². The third-order valence-corrected chi connectivity index (χ3v) is 3.64. The van der Waals surface area contributed by atoms with Crippen LogP contribution in [0.3, 0.4) is 0 Å². The second-order valence-electron chi connectivity index (χ2n) is 5.12. The van der Waals surface area contributed by atoms with Crippen molar-refractivity contribution in [3.63, 3.8) is 0 Å². The summed E-state index contributed by atoms with van der Waals surface area (Å²) in [6.07, 6.45) is 9.71. The van der Waals surface area contributed by atoms with Crippen molar-refractivity contribution in [1.82, 2.24) is 9.55 Å². The summed E-state index contributed by atoms with van der Waals surface area (Å²) in [4.78, 5) is 4.34. The largest absolute Gasteiger partial charge is 0.354 e. The van der Waals surface area contributed by atoms with Crippen LogP contribution in [0.25, 0.3) is 0 Å². The molecule has 3 nitrogen and oxygen atoms in total. The number of pyridine rings is 1. The molecule has 2 N–H and O–H groups in total. The van der Waals surface area contributed by atoms with E-state index in [-0.39, 0.29) is 6.04 Å². The van der Waals surface area contributed by atoms with Gasteiger partial charge in [0.05, 0.1) is 0 Å².